The standard InChI is InChI=1S/C27H31N3O3/c1-33-22-9-7-8-21(18-22)30-19-25(23-10-3-4-11-24(23)27(30)32)26(31)29-16-12-20(13-17-29)28-14-5-2-6-15-28/h3-4,7-11,18-20H,2,5-6,12-17H2,1H3. The lowest BCUT2D eigenvalue weighted by Crippen LogP contribution is -2.48. The fourth-order valence-corrected chi connectivity index (χ4v) is 5.30. The zero-order chi connectivity index (χ0) is 22.8. The third-order valence-electron chi connectivity index (χ3n) is 7.15. The summed E-state index contributed by atoms with van der Waals surface area (Å²) in [5.41, 5.74) is 1.12. The quantitative estimate of drug-likeness (QED) is 0.607. The minimum atomic E-state index is -0.140. The summed E-state index contributed by atoms with van der Waals surface area (Å²) in [5.74, 6) is 0.667. The van der Waals surface area contributed by atoms with Crippen LogP contribution in [0.1, 0.15) is 42.5 Å². The predicted molar refractivity (Wildman–Crippen MR) is 130 cm³/mol. The maximum absolute atomic E-state index is 13.7. The fourth-order valence-electron chi connectivity index (χ4n) is 5.30. The molecule has 0 spiro atoms. The van der Waals surface area contributed by atoms with Crippen molar-refractivity contribution < 1.29 is 9.53 Å². The van der Waals surface area contributed by atoms with E-state index >= 15 is 0 Å². The molecule has 3 aromatic rings. The van der Waals surface area contributed by atoms with Crippen LogP contribution >= 0.6 is 0 Å². The first-order valence-electron chi connectivity index (χ1n) is 12.0. The number of amides is 1. The Morgan fingerprint density at radius 2 is 1.64 bits per heavy atom. The molecular weight excluding hydrogens is 414 g/mol. The Morgan fingerprint density at radius 3 is 2.36 bits per heavy atom. The van der Waals surface area contributed by atoms with Crippen LogP contribution in [-0.2, 0) is 0 Å². The van der Waals surface area contributed by atoms with Crippen molar-refractivity contribution in [3.63, 3.8) is 0 Å². The van der Waals surface area contributed by atoms with Crippen molar-refractivity contribution >= 4 is 16.7 Å². The minimum absolute atomic E-state index is 0.0000553. The van der Waals surface area contributed by atoms with Crippen molar-refractivity contribution in [3.8, 4) is 11.4 Å². The molecule has 2 fully saturated rings. The zero-order valence-corrected chi connectivity index (χ0v) is 19.2. The Labute approximate surface area is 194 Å². The number of fused-ring (bicyclic) bond motifs is 1. The lowest BCUT2D eigenvalue weighted by atomic mass is 9.98. The van der Waals surface area contributed by atoms with Crippen molar-refractivity contribution in [1.29, 1.82) is 0 Å². The van der Waals surface area contributed by atoms with Crippen LogP contribution < -0.4 is 10.3 Å². The summed E-state index contributed by atoms with van der Waals surface area (Å²) >= 11 is 0. The second-order valence-electron chi connectivity index (χ2n) is 9.08. The van der Waals surface area contributed by atoms with Gasteiger partial charge in [0, 0.05) is 42.2 Å². The van der Waals surface area contributed by atoms with E-state index in [1.807, 2.05) is 47.4 Å². The molecule has 0 saturated carbocycles. The average Bonchev–Trinajstić information content (AvgIpc) is 2.89. The number of hydrogen-bond acceptors (Lipinski definition) is 4. The van der Waals surface area contributed by atoms with E-state index in [1.54, 1.807) is 23.9 Å². The normalized spacial score (nSPS) is 17.9. The van der Waals surface area contributed by atoms with Gasteiger partial charge in [0.15, 0.2) is 0 Å². The molecule has 0 N–H and O–H groups in total. The molecule has 2 saturated heterocycles. The summed E-state index contributed by atoms with van der Waals surface area (Å²) in [4.78, 5) is 31.6. The molecule has 2 aliphatic heterocycles. The van der Waals surface area contributed by atoms with Gasteiger partial charge >= 0.3 is 0 Å². The lowest BCUT2D eigenvalue weighted by molar-refractivity contribution is 0.0591. The Kier molecular flexibility index (Phi) is 6.18. The number of pyridine rings is 1. The van der Waals surface area contributed by atoms with Gasteiger partial charge < -0.3 is 14.5 Å². The number of carbonyl (C=O) groups is 1. The monoisotopic (exact) mass is 445 g/mol. The molecule has 2 aliphatic rings. The highest BCUT2D eigenvalue weighted by atomic mass is 16.5. The molecule has 33 heavy (non-hydrogen) atoms. The maximum Gasteiger partial charge on any atom is 0.262 e. The third-order valence-corrected chi connectivity index (χ3v) is 7.15. The first kappa shape index (κ1) is 21.7. The number of benzene rings is 2. The number of nitrogens with zero attached hydrogens (tertiary/aromatic N) is 3. The Bertz CT molecular complexity index is 1200. The molecule has 6 heteroatoms. The summed E-state index contributed by atoms with van der Waals surface area (Å²) in [7, 11) is 1.60. The van der Waals surface area contributed by atoms with Crippen LogP contribution in [0, 0.1) is 0 Å². The van der Waals surface area contributed by atoms with Gasteiger partial charge in [-0.15, -0.1) is 0 Å². The van der Waals surface area contributed by atoms with Gasteiger partial charge in [0.1, 0.15) is 5.75 Å². The van der Waals surface area contributed by atoms with E-state index in [0.717, 1.165) is 25.9 Å². The Hall–Kier alpha value is -3.12. The molecule has 0 unspecified atom stereocenters. The highest BCUT2D eigenvalue weighted by Gasteiger charge is 2.29. The summed E-state index contributed by atoms with van der Waals surface area (Å²) in [6, 6.07) is 15.3. The van der Waals surface area contributed by atoms with Crippen LogP contribution in [0.5, 0.6) is 5.75 Å². The first-order valence-corrected chi connectivity index (χ1v) is 12.0. The second-order valence-corrected chi connectivity index (χ2v) is 9.08. The van der Waals surface area contributed by atoms with Gasteiger partial charge in [-0.05, 0) is 57.0 Å². The van der Waals surface area contributed by atoms with Crippen molar-refractivity contribution in [2.45, 2.75) is 38.1 Å². The van der Waals surface area contributed by atoms with E-state index in [1.165, 1.54) is 32.4 Å². The topological polar surface area (TPSA) is 54.8 Å². The Balaban J connectivity index is 1.47. The number of piperidine rings is 2. The lowest BCUT2D eigenvalue weighted by Gasteiger charge is -2.40. The van der Waals surface area contributed by atoms with E-state index in [4.69, 9.17) is 4.74 Å². The van der Waals surface area contributed by atoms with E-state index in [9.17, 15) is 9.59 Å². The van der Waals surface area contributed by atoms with Crippen LogP contribution in [-0.4, -0.2) is 59.6 Å². The Morgan fingerprint density at radius 1 is 0.909 bits per heavy atom. The predicted octanol–water partition coefficient (Wildman–Crippen LogP) is 4.09. The van der Waals surface area contributed by atoms with Gasteiger partial charge in [0.05, 0.1) is 18.4 Å². The van der Waals surface area contributed by atoms with Crippen molar-refractivity contribution in [1.82, 2.24) is 14.4 Å². The third kappa shape index (κ3) is 4.27. The highest BCUT2D eigenvalue weighted by molar-refractivity contribution is 6.06. The van der Waals surface area contributed by atoms with Gasteiger partial charge in [0.2, 0.25) is 0 Å². The maximum atomic E-state index is 13.7. The van der Waals surface area contributed by atoms with Crippen molar-refractivity contribution in [2.24, 2.45) is 0 Å². The van der Waals surface area contributed by atoms with Crippen LogP contribution in [0.15, 0.2) is 59.5 Å². The molecule has 6 nitrogen and oxygen atoms in total. The molecule has 5 rings (SSSR count). The summed E-state index contributed by atoms with van der Waals surface area (Å²) < 4.78 is 6.91. The number of ether oxygens (including phenoxy) is 1. The van der Waals surface area contributed by atoms with Crippen LogP contribution in [0.4, 0.5) is 0 Å². The fraction of sp³-hybridized carbons (Fsp3) is 0.407. The average molecular weight is 446 g/mol. The van der Waals surface area contributed by atoms with E-state index in [-0.39, 0.29) is 11.5 Å². The number of likely N-dealkylation sites (tertiary alicyclic amines) is 2. The molecule has 172 valence electrons. The molecule has 0 radical (unpaired) electrons. The molecule has 1 aromatic heterocycles. The van der Waals surface area contributed by atoms with Crippen LogP contribution in [0.25, 0.3) is 16.5 Å². The number of carbonyl (C=O) groups excluding carboxylic acids is 1. The van der Waals surface area contributed by atoms with Gasteiger partial charge in [-0.1, -0.05) is 30.7 Å². The number of aromatic nitrogens is 1. The van der Waals surface area contributed by atoms with Gasteiger partial charge in [-0.3, -0.25) is 14.2 Å². The van der Waals surface area contributed by atoms with Crippen molar-refractivity contribution in [2.75, 3.05) is 33.3 Å². The second kappa shape index (κ2) is 9.40. The smallest absolute Gasteiger partial charge is 0.262 e. The van der Waals surface area contributed by atoms with Gasteiger partial charge in [-0.25, -0.2) is 0 Å². The van der Waals surface area contributed by atoms with E-state index in [0.29, 0.717) is 33.8 Å². The molecule has 3 heterocycles. The SMILES string of the molecule is COc1cccc(-n2cc(C(=O)N3CCC(N4CCCCC4)CC3)c3ccccc3c2=O)c1. The number of rotatable bonds is 4. The minimum Gasteiger partial charge on any atom is -0.497 e. The molecular formula is C27H31N3O3. The number of methoxy groups -OCH3 is 1. The van der Waals surface area contributed by atoms with Gasteiger partial charge in [-0.2, -0.15) is 0 Å². The first-order chi connectivity index (χ1) is 16.2. The summed E-state index contributed by atoms with van der Waals surface area (Å²) in [6.45, 7) is 3.89. The van der Waals surface area contributed by atoms with Crippen molar-refractivity contribution in [3.05, 3.63) is 70.6 Å². The van der Waals surface area contributed by atoms with Crippen LogP contribution in [0.3, 0.4) is 0 Å². The van der Waals surface area contributed by atoms with Crippen LogP contribution in [0.2, 0.25) is 0 Å². The van der Waals surface area contributed by atoms with Gasteiger partial charge in [0.25, 0.3) is 11.5 Å². The molecule has 0 atom stereocenters. The number of hydrogen-bond donors (Lipinski definition) is 0. The van der Waals surface area contributed by atoms with E-state index in [2.05, 4.69) is 4.90 Å². The molecule has 0 bridgehead atoms. The molecule has 1 amide bonds. The largest absolute Gasteiger partial charge is 0.497 e. The summed E-state index contributed by atoms with van der Waals surface area (Å²) in [6.07, 6.45) is 7.65. The zero-order valence-electron chi connectivity index (χ0n) is 19.2. The van der Waals surface area contributed by atoms with E-state index < -0.39 is 0 Å². The highest BCUT2D eigenvalue weighted by Crippen LogP contribution is 2.25. The molecule has 2 aromatic carbocycles. The molecule has 0 aliphatic carbocycles. The summed E-state index contributed by atoms with van der Waals surface area (Å²) in [5, 5.41) is 1.26.